The summed E-state index contributed by atoms with van der Waals surface area (Å²) in [5, 5.41) is 9.81. The molecule has 0 unspecified atom stereocenters. The Bertz CT molecular complexity index is 1330. The molecule has 4 aromatic rings. The minimum Gasteiger partial charge on any atom is -0.483 e. The van der Waals surface area contributed by atoms with E-state index in [4.69, 9.17) is 9.15 Å². The molecule has 0 amide bonds. The zero-order valence-electron chi connectivity index (χ0n) is 17.0. The van der Waals surface area contributed by atoms with Crippen LogP contribution < -0.4 is 10.2 Å². The third-order valence-corrected chi connectivity index (χ3v) is 5.05. The lowest BCUT2D eigenvalue weighted by atomic mass is 10.00. The van der Waals surface area contributed by atoms with E-state index in [1.54, 1.807) is 25.3 Å². The molecule has 2 aromatic heterocycles. The molecule has 5 nitrogen and oxygen atoms in total. The Morgan fingerprint density at radius 3 is 2.60 bits per heavy atom. The fourth-order valence-electron chi connectivity index (χ4n) is 3.56. The maximum absolute atomic E-state index is 13.2. The third-order valence-electron chi connectivity index (χ3n) is 5.05. The highest BCUT2D eigenvalue weighted by Gasteiger charge is 2.20. The Morgan fingerprint density at radius 2 is 1.87 bits per heavy atom. The topological polar surface area (TPSA) is 76.1 Å². The van der Waals surface area contributed by atoms with Crippen molar-refractivity contribution in [1.29, 1.82) is 5.26 Å². The second kappa shape index (κ2) is 7.84. The molecule has 0 radical (unpaired) electrons. The van der Waals surface area contributed by atoms with Gasteiger partial charge in [0.15, 0.2) is 16.9 Å². The van der Waals surface area contributed by atoms with E-state index < -0.39 is 6.10 Å². The van der Waals surface area contributed by atoms with Crippen LogP contribution >= 0.6 is 0 Å². The molecular formula is C25H20N2O3. The highest BCUT2D eigenvalue weighted by Crippen LogP contribution is 2.33. The van der Waals surface area contributed by atoms with Gasteiger partial charge in [-0.15, -0.1) is 0 Å². The predicted molar refractivity (Wildman–Crippen MR) is 115 cm³/mol. The van der Waals surface area contributed by atoms with E-state index in [0.29, 0.717) is 28.0 Å². The van der Waals surface area contributed by atoms with Crippen LogP contribution in [0.15, 0.2) is 70.0 Å². The van der Waals surface area contributed by atoms with Gasteiger partial charge in [0.2, 0.25) is 0 Å². The largest absolute Gasteiger partial charge is 0.483 e. The van der Waals surface area contributed by atoms with Gasteiger partial charge in [0, 0.05) is 22.9 Å². The first kappa shape index (κ1) is 19.4. The zero-order valence-corrected chi connectivity index (χ0v) is 17.0. The van der Waals surface area contributed by atoms with E-state index >= 15 is 0 Å². The molecule has 0 fully saturated rings. The van der Waals surface area contributed by atoms with Crippen molar-refractivity contribution in [2.45, 2.75) is 26.9 Å². The first-order valence-electron chi connectivity index (χ1n) is 9.64. The number of rotatable bonds is 4. The summed E-state index contributed by atoms with van der Waals surface area (Å²) in [5.41, 5.74) is 3.72. The zero-order chi connectivity index (χ0) is 21.3. The summed E-state index contributed by atoms with van der Waals surface area (Å²) in [5.74, 6) is 0.935. The van der Waals surface area contributed by atoms with Crippen molar-refractivity contribution in [2.24, 2.45) is 0 Å². The summed E-state index contributed by atoms with van der Waals surface area (Å²) in [6, 6.07) is 18.8. The molecule has 30 heavy (non-hydrogen) atoms. The molecule has 0 saturated carbocycles. The van der Waals surface area contributed by atoms with Crippen LogP contribution in [-0.4, -0.2) is 4.98 Å². The fourth-order valence-corrected chi connectivity index (χ4v) is 3.56. The quantitative estimate of drug-likeness (QED) is 0.456. The Balaban J connectivity index is 1.90. The number of ether oxygens (including phenoxy) is 1. The summed E-state index contributed by atoms with van der Waals surface area (Å²) in [7, 11) is 0. The van der Waals surface area contributed by atoms with Gasteiger partial charge in [0.25, 0.3) is 0 Å². The highest BCUT2D eigenvalue weighted by molar-refractivity contribution is 5.84. The monoisotopic (exact) mass is 396 g/mol. The van der Waals surface area contributed by atoms with Crippen molar-refractivity contribution in [3.63, 3.8) is 0 Å². The van der Waals surface area contributed by atoms with Crippen molar-refractivity contribution < 1.29 is 9.15 Å². The predicted octanol–water partition coefficient (Wildman–Crippen LogP) is 5.48. The molecule has 4 rings (SSSR count). The lowest BCUT2D eigenvalue weighted by molar-refractivity contribution is 0.225. The molecule has 5 heteroatoms. The van der Waals surface area contributed by atoms with Crippen LogP contribution in [0.2, 0.25) is 0 Å². The Hall–Kier alpha value is -3.91. The number of nitrogens with zero attached hydrogens (tertiary/aromatic N) is 2. The molecule has 0 spiro atoms. The van der Waals surface area contributed by atoms with Gasteiger partial charge >= 0.3 is 0 Å². The SMILES string of the molecule is Cc1cc([C@@H](C)Oc2cccnc2C#N)c2oc(-c3ccccc3)c(C)c(=O)c2c1. The molecule has 0 saturated heterocycles. The number of benzene rings is 2. The fraction of sp³-hybridized carbons (Fsp3) is 0.160. The minimum atomic E-state index is -0.460. The van der Waals surface area contributed by atoms with Crippen molar-refractivity contribution in [3.05, 3.63) is 93.4 Å². The molecule has 0 aliphatic carbocycles. The molecule has 0 aliphatic heterocycles. The molecule has 1 atom stereocenters. The van der Waals surface area contributed by atoms with Crippen molar-refractivity contribution in [1.82, 2.24) is 4.98 Å². The highest BCUT2D eigenvalue weighted by atomic mass is 16.5. The van der Waals surface area contributed by atoms with Crippen molar-refractivity contribution in [2.75, 3.05) is 0 Å². The van der Waals surface area contributed by atoms with Crippen LogP contribution in [0.4, 0.5) is 0 Å². The molecule has 0 bridgehead atoms. The number of pyridine rings is 1. The summed E-state index contributed by atoms with van der Waals surface area (Å²) in [6.07, 6.45) is 1.09. The lowest BCUT2D eigenvalue weighted by Crippen LogP contribution is -2.11. The average molecular weight is 396 g/mol. The number of aryl methyl sites for hydroxylation is 1. The summed E-state index contributed by atoms with van der Waals surface area (Å²) in [4.78, 5) is 17.2. The van der Waals surface area contributed by atoms with Gasteiger partial charge in [-0.05, 0) is 50.6 Å². The summed E-state index contributed by atoms with van der Waals surface area (Å²) in [6.45, 7) is 5.58. The number of fused-ring (bicyclic) bond motifs is 1. The van der Waals surface area contributed by atoms with Crippen LogP contribution in [0.5, 0.6) is 5.75 Å². The van der Waals surface area contributed by atoms with Crippen LogP contribution in [-0.2, 0) is 0 Å². The van der Waals surface area contributed by atoms with Gasteiger partial charge in [-0.3, -0.25) is 4.79 Å². The van der Waals surface area contributed by atoms with Gasteiger partial charge in [-0.1, -0.05) is 30.3 Å². The van der Waals surface area contributed by atoms with Crippen LogP contribution in [0.25, 0.3) is 22.3 Å². The molecule has 0 N–H and O–H groups in total. The molecule has 148 valence electrons. The Morgan fingerprint density at radius 1 is 1.10 bits per heavy atom. The third kappa shape index (κ3) is 3.44. The van der Waals surface area contributed by atoms with Gasteiger partial charge in [0.05, 0.1) is 5.39 Å². The van der Waals surface area contributed by atoms with E-state index in [-0.39, 0.29) is 11.1 Å². The van der Waals surface area contributed by atoms with Crippen LogP contribution in [0.1, 0.15) is 35.4 Å². The van der Waals surface area contributed by atoms with Crippen LogP contribution in [0, 0.1) is 25.2 Å². The minimum absolute atomic E-state index is 0.0636. The van der Waals surface area contributed by atoms with Gasteiger partial charge in [-0.25, -0.2) is 4.98 Å². The summed E-state index contributed by atoms with van der Waals surface area (Å²) < 4.78 is 12.4. The molecular weight excluding hydrogens is 376 g/mol. The molecule has 2 heterocycles. The normalized spacial score (nSPS) is 11.8. The Kier molecular flexibility index (Phi) is 5.07. The first-order valence-corrected chi connectivity index (χ1v) is 9.64. The number of hydrogen-bond acceptors (Lipinski definition) is 5. The van der Waals surface area contributed by atoms with E-state index in [1.807, 2.05) is 62.4 Å². The summed E-state index contributed by atoms with van der Waals surface area (Å²) >= 11 is 0. The number of hydrogen-bond donors (Lipinski definition) is 0. The molecule has 2 aromatic carbocycles. The van der Waals surface area contributed by atoms with E-state index in [2.05, 4.69) is 4.98 Å². The first-order chi connectivity index (χ1) is 14.5. The number of nitriles is 1. The standard InChI is InChI=1S/C25H20N2O3/c1-15-12-19(17(3)29-22-10-7-11-27-21(22)14-26)25-20(13-15)23(28)16(2)24(30-25)18-8-5-4-6-9-18/h4-13,17H,1-3H3/t17-/m1/s1. The van der Waals surface area contributed by atoms with Gasteiger partial charge in [-0.2, -0.15) is 5.26 Å². The smallest absolute Gasteiger partial charge is 0.196 e. The second-order valence-corrected chi connectivity index (χ2v) is 7.20. The lowest BCUT2D eigenvalue weighted by Gasteiger charge is -2.18. The average Bonchev–Trinajstić information content (AvgIpc) is 2.77. The van der Waals surface area contributed by atoms with Crippen molar-refractivity contribution in [3.8, 4) is 23.1 Å². The van der Waals surface area contributed by atoms with E-state index in [9.17, 15) is 10.1 Å². The van der Waals surface area contributed by atoms with E-state index in [1.165, 1.54) is 0 Å². The maximum atomic E-state index is 13.2. The maximum Gasteiger partial charge on any atom is 0.196 e. The van der Waals surface area contributed by atoms with Gasteiger partial charge < -0.3 is 9.15 Å². The Labute approximate surface area is 174 Å². The van der Waals surface area contributed by atoms with Crippen molar-refractivity contribution >= 4 is 11.0 Å². The number of aromatic nitrogens is 1. The van der Waals surface area contributed by atoms with Gasteiger partial charge in [0.1, 0.15) is 23.5 Å². The molecule has 0 aliphatic rings. The van der Waals surface area contributed by atoms with Crippen LogP contribution in [0.3, 0.4) is 0 Å². The van der Waals surface area contributed by atoms with E-state index in [0.717, 1.165) is 16.7 Å². The second-order valence-electron chi connectivity index (χ2n) is 7.20.